The molecule has 4 aliphatic carbocycles. The Bertz CT molecular complexity index is 1060. The Hall–Kier alpha value is -2.42. The summed E-state index contributed by atoms with van der Waals surface area (Å²) >= 11 is 0. The van der Waals surface area contributed by atoms with Gasteiger partial charge in [-0.2, -0.15) is 0 Å². The topological polar surface area (TPSA) is 114 Å². The van der Waals surface area contributed by atoms with Crippen molar-refractivity contribution in [1.29, 1.82) is 0 Å². The predicted octanol–water partition coefficient (Wildman–Crippen LogP) is 3.64. The first-order chi connectivity index (χ1) is 16.3. The molecular weight excluding hydrogens is 454 g/mol. The minimum atomic E-state index is -3.80. The Labute approximate surface area is 201 Å². The normalized spacial score (nSPS) is 30.2. The number of amidine groups is 1. The summed E-state index contributed by atoms with van der Waals surface area (Å²) in [5.74, 6) is 1.61. The number of nitrogens with zero attached hydrogens (tertiary/aromatic N) is 1. The molecule has 0 atom stereocenters. The molecular formula is C25H33N3O5S. The molecule has 4 bridgehead atoms. The second-order valence-electron chi connectivity index (χ2n) is 10.6. The number of hydrogen-bond donors (Lipinski definition) is 2. The van der Waals surface area contributed by atoms with Crippen molar-refractivity contribution in [1.82, 2.24) is 4.72 Å². The number of aliphatic imine (C=N–C) groups is 1. The van der Waals surface area contributed by atoms with E-state index in [2.05, 4.69) is 15.0 Å². The van der Waals surface area contributed by atoms with Crippen LogP contribution in [0.15, 0.2) is 34.2 Å². The summed E-state index contributed by atoms with van der Waals surface area (Å²) < 4.78 is 33.6. The summed E-state index contributed by atoms with van der Waals surface area (Å²) in [4.78, 5) is 29.8. The first kappa shape index (κ1) is 23.3. The van der Waals surface area contributed by atoms with E-state index in [1.807, 2.05) is 0 Å². The van der Waals surface area contributed by atoms with Crippen molar-refractivity contribution in [2.45, 2.75) is 69.1 Å². The lowest BCUT2D eigenvalue weighted by Crippen LogP contribution is -2.50. The van der Waals surface area contributed by atoms with Crippen LogP contribution in [0.2, 0.25) is 0 Å². The number of carbonyl (C=O) groups excluding carboxylic acids is 2. The van der Waals surface area contributed by atoms with E-state index < -0.39 is 21.3 Å². The number of nitrogens with one attached hydrogen (secondary N) is 2. The molecule has 34 heavy (non-hydrogen) atoms. The zero-order valence-electron chi connectivity index (χ0n) is 19.4. The van der Waals surface area contributed by atoms with E-state index in [1.165, 1.54) is 31.4 Å². The molecule has 9 heteroatoms. The number of carbonyl (C=O) groups is 2. The molecule has 1 aliphatic heterocycles. The van der Waals surface area contributed by atoms with Crippen LogP contribution in [-0.2, 0) is 24.3 Å². The van der Waals surface area contributed by atoms with Crippen LogP contribution in [0.5, 0.6) is 0 Å². The standard InChI is InChI=1S/C25H33N3O5S/c29-23(16-33-24(30)25-13-17-9-18(14-25)11-19(10-17)15-25)27-20-5-4-6-21(12-20)34(31,32)28-22-7-2-1-3-8-26-22/h4-6,12,17-19H,1-3,7-11,13-16H2,(H,26,28)(H,27,29). The molecule has 1 amide bonds. The minimum absolute atomic E-state index is 0.0443. The van der Waals surface area contributed by atoms with Crippen molar-refractivity contribution >= 4 is 33.4 Å². The van der Waals surface area contributed by atoms with Gasteiger partial charge in [0.05, 0.1) is 10.3 Å². The molecule has 5 aliphatic rings. The van der Waals surface area contributed by atoms with Gasteiger partial charge in [0, 0.05) is 18.7 Å². The van der Waals surface area contributed by atoms with Crippen molar-refractivity contribution in [2.24, 2.45) is 28.2 Å². The second kappa shape index (κ2) is 9.32. The molecule has 4 fully saturated rings. The third-order valence-corrected chi connectivity index (χ3v) is 9.24. The molecule has 6 rings (SSSR count). The Morgan fingerprint density at radius 1 is 1.03 bits per heavy atom. The van der Waals surface area contributed by atoms with Crippen LogP contribution in [0.3, 0.4) is 0 Å². The average Bonchev–Trinajstić information content (AvgIpc) is 3.05. The van der Waals surface area contributed by atoms with Gasteiger partial charge >= 0.3 is 5.97 Å². The van der Waals surface area contributed by atoms with Crippen LogP contribution >= 0.6 is 0 Å². The summed E-state index contributed by atoms with van der Waals surface area (Å²) in [5.41, 5.74) is -0.0726. The first-order valence-corrected chi connectivity index (χ1v) is 13.9. The average molecular weight is 488 g/mol. The molecule has 0 saturated heterocycles. The molecule has 1 aromatic carbocycles. The molecule has 8 nitrogen and oxygen atoms in total. The number of rotatable bonds is 6. The van der Waals surface area contributed by atoms with Crippen LogP contribution in [-0.4, -0.2) is 39.3 Å². The number of anilines is 1. The molecule has 1 heterocycles. The Morgan fingerprint density at radius 3 is 2.44 bits per heavy atom. The van der Waals surface area contributed by atoms with Crippen LogP contribution in [0.1, 0.15) is 64.2 Å². The number of hydrogen-bond acceptors (Lipinski definition) is 6. The highest BCUT2D eigenvalue weighted by Gasteiger charge is 2.55. The van der Waals surface area contributed by atoms with E-state index >= 15 is 0 Å². The van der Waals surface area contributed by atoms with E-state index in [0.717, 1.165) is 38.5 Å². The zero-order valence-corrected chi connectivity index (χ0v) is 20.2. The molecule has 2 N–H and O–H groups in total. The van der Waals surface area contributed by atoms with Crippen molar-refractivity contribution in [3.05, 3.63) is 24.3 Å². The number of amides is 1. The Morgan fingerprint density at radius 2 is 1.74 bits per heavy atom. The maximum Gasteiger partial charge on any atom is 0.312 e. The van der Waals surface area contributed by atoms with Gasteiger partial charge in [-0.15, -0.1) is 0 Å². The molecule has 184 valence electrons. The van der Waals surface area contributed by atoms with Crippen LogP contribution in [0.25, 0.3) is 0 Å². The van der Waals surface area contributed by atoms with Gasteiger partial charge < -0.3 is 10.1 Å². The van der Waals surface area contributed by atoms with Crippen LogP contribution in [0, 0.1) is 23.2 Å². The summed E-state index contributed by atoms with van der Waals surface area (Å²) in [5, 5.41) is 2.66. The second-order valence-corrected chi connectivity index (χ2v) is 12.3. The highest BCUT2D eigenvalue weighted by atomic mass is 32.2. The van der Waals surface area contributed by atoms with Crippen LogP contribution < -0.4 is 10.0 Å². The first-order valence-electron chi connectivity index (χ1n) is 12.4. The quantitative estimate of drug-likeness (QED) is 0.595. The fraction of sp³-hybridized carbons (Fsp3) is 0.640. The monoisotopic (exact) mass is 487 g/mol. The zero-order chi connectivity index (χ0) is 23.8. The van der Waals surface area contributed by atoms with Crippen LogP contribution in [0.4, 0.5) is 5.69 Å². The van der Waals surface area contributed by atoms with Gasteiger partial charge in [-0.1, -0.05) is 12.5 Å². The van der Waals surface area contributed by atoms with E-state index in [1.54, 1.807) is 12.1 Å². The number of benzene rings is 1. The number of ether oxygens (including phenoxy) is 1. The third kappa shape index (κ3) is 4.99. The summed E-state index contributed by atoms with van der Waals surface area (Å²) in [6.07, 6.45) is 9.85. The number of sulfonamides is 1. The largest absolute Gasteiger partial charge is 0.455 e. The lowest BCUT2D eigenvalue weighted by Gasteiger charge is -2.55. The highest BCUT2D eigenvalue weighted by molar-refractivity contribution is 7.90. The van der Waals surface area contributed by atoms with E-state index in [-0.39, 0.29) is 17.5 Å². The molecule has 4 saturated carbocycles. The van der Waals surface area contributed by atoms with Gasteiger partial charge in [0.2, 0.25) is 0 Å². The van der Waals surface area contributed by atoms with Gasteiger partial charge in [-0.3, -0.25) is 19.3 Å². The SMILES string of the molecule is O=C(COC(=O)C12CC3CC(CC(C3)C1)C2)Nc1cccc(S(=O)(=O)NC2=NCCCCC2)c1. The van der Waals surface area contributed by atoms with Gasteiger partial charge in [0.25, 0.3) is 15.9 Å². The Balaban J connectivity index is 1.17. The molecule has 0 radical (unpaired) electrons. The van der Waals surface area contributed by atoms with Gasteiger partial charge in [0.15, 0.2) is 6.61 Å². The van der Waals surface area contributed by atoms with Crippen molar-refractivity contribution < 1.29 is 22.7 Å². The van der Waals surface area contributed by atoms with Crippen molar-refractivity contribution in [3.8, 4) is 0 Å². The minimum Gasteiger partial charge on any atom is -0.455 e. The van der Waals surface area contributed by atoms with E-state index in [0.29, 0.717) is 42.2 Å². The summed E-state index contributed by atoms with van der Waals surface area (Å²) in [6, 6.07) is 6.06. The smallest absolute Gasteiger partial charge is 0.312 e. The third-order valence-electron chi connectivity index (χ3n) is 7.86. The Kier molecular flexibility index (Phi) is 6.39. The van der Waals surface area contributed by atoms with Gasteiger partial charge in [-0.05, 0) is 87.3 Å². The lowest BCUT2D eigenvalue weighted by atomic mass is 9.49. The van der Waals surface area contributed by atoms with E-state index in [9.17, 15) is 18.0 Å². The van der Waals surface area contributed by atoms with Crippen molar-refractivity contribution in [2.75, 3.05) is 18.5 Å². The van der Waals surface area contributed by atoms with Gasteiger partial charge in [0.1, 0.15) is 5.84 Å². The summed E-state index contributed by atoms with van der Waals surface area (Å²) in [6.45, 7) is 0.253. The molecule has 0 spiro atoms. The van der Waals surface area contributed by atoms with Crippen molar-refractivity contribution in [3.63, 3.8) is 0 Å². The fourth-order valence-electron chi connectivity index (χ4n) is 6.75. The molecule has 1 aromatic rings. The number of esters is 1. The maximum absolute atomic E-state index is 13.0. The fourth-order valence-corrected chi connectivity index (χ4v) is 7.89. The predicted molar refractivity (Wildman–Crippen MR) is 128 cm³/mol. The van der Waals surface area contributed by atoms with Gasteiger partial charge in [-0.25, -0.2) is 8.42 Å². The molecule has 0 unspecified atom stereocenters. The maximum atomic E-state index is 13.0. The molecule has 0 aromatic heterocycles. The summed E-state index contributed by atoms with van der Waals surface area (Å²) in [7, 11) is -3.80. The highest BCUT2D eigenvalue weighted by Crippen LogP contribution is 2.60. The lowest BCUT2D eigenvalue weighted by molar-refractivity contribution is -0.172. The van der Waals surface area contributed by atoms with E-state index in [4.69, 9.17) is 4.74 Å².